The number of ether oxygens (including phenoxy) is 1. The second kappa shape index (κ2) is 10.5. The van der Waals surface area contributed by atoms with E-state index in [0.717, 1.165) is 16.9 Å². The summed E-state index contributed by atoms with van der Waals surface area (Å²) in [6, 6.07) is 26.6. The van der Waals surface area contributed by atoms with E-state index in [1.165, 1.54) is 4.52 Å². The van der Waals surface area contributed by atoms with Crippen molar-refractivity contribution in [1.29, 1.82) is 0 Å². The molecule has 186 valence electrons. The zero-order valence-electron chi connectivity index (χ0n) is 20.7. The van der Waals surface area contributed by atoms with Gasteiger partial charge < -0.3 is 14.6 Å². The van der Waals surface area contributed by atoms with Gasteiger partial charge in [0.1, 0.15) is 5.75 Å². The first-order valence-corrected chi connectivity index (χ1v) is 12.1. The number of fused-ring (bicyclic) bond motifs is 1. The van der Waals surface area contributed by atoms with Crippen molar-refractivity contribution in [2.45, 2.75) is 26.8 Å². The normalized spacial score (nSPS) is 11.0. The Balaban J connectivity index is 1.53. The highest BCUT2D eigenvalue weighted by Crippen LogP contribution is 2.19. The van der Waals surface area contributed by atoms with Crippen LogP contribution in [0.1, 0.15) is 23.7 Å². The number of hydrogen-bond donors (Lipinski definition) is 1. The summed E-state index contributed by atoms with van der Waals surface area (Å²) < 4.78 is 8.70. The Morgan fingerprint density at radius 2 is 1.62 bits per heavy atom. The van der Waals surface area contributed by atoms with Gasteiger partial charge in [-0.3, -0.25) is 9.59 Å². The minimum atomic E-state index is -0.353. The van der Waals surface area contributed by atoms with Crippen LogP contribution < -0.4 is 15.6 Å². The fraction of sp³-hybridized carbons (Fsp3) is 0.172. The molecule has 0 saturated heterocycles. The molecular formula is C29H27N5O3. The number of nitrogens with zero attached hydrogens (tertiary/aromatic N) is 4. The van der Waals surface area contributed by atoms with Crippen LogP contribution in [-0.4, -0.2) is 31.7 Å². The summed E-state index contributed by atoms with van der Waals surface area (Å²) in [5.41, 5.74) is 3.18. The van der Waals surface area contributed by atoms with Gasteiger partial charge in [0.2, 0.25) is 11.7 Å². The van der Waals surface area contributed by atoms with E-state index in [-0.39, 0.29) is 17.9 Å². The minimum absolute atomic E-state index is 0.0941. The molecule has 0 bridgehead atoms. The fourth-order valence-electron chi connectivity index (χ4n) is 4.25. The Morgan fingerprint density at radius 1 is 0.946 bits per heavy atom. The van der Waals surface area contributed by atoms with Crippen molar-refractivity contribution < 1.29 is 9.53 Å². The quantitative estimate of drug-likeness (QED) is 0.344. The van der Waals surface area contributed by atoms with Gasteiger partial charge in [-0.1, -0.05) is 60.7 Å². The molecule has 0 fully saturated rings. The predicted molar refractivity (Wildman–Crippen MR) is 143 cm³/mol. The summed E-state index contributed by atoms with van der Waals surface area (Å²) in [5, 5.41) is 7.41. The number of aromatic nitrogens is 4. The lowest BCUT2D eigenvalue weighted by Gasteiger charge is -2.16. The topological polar surface area (TPSA) is 90.5 Å². The highest BCUT2D eigenvalue weighted by Gasteiger charge is 2.21. The van der Waals surface area contributed by atoms with Crippen LogP contribution in [0.5, 0.6) is 5.75 Å². The molecule has 8 nitrogen and oxygen atoms in total. The summed E-state index contributed by atoms with van der Waals surface area (Å²) in [4.78, 5) is 31.3. The average molecular weight is 494 g/mol. The summed E-state index contributed by atoms with van der Waals surface area (Å²) in [6.45, 7) is 4.81. The predicted octanol–water partition coefficient (Wildman–Crippen LogP) is 4.49. The van der Waals surface area contributed by atoms with Crippen molar-refractivity contribution in [2.75, 3.05) is 11.9 Å². The third-order valence-corrected chi connectivity index (χ3v) is 6.13. The second-order valence-corrected chi connectivity index (χ2v) is 8.64. The molecule has 2 heterocycles. The second-order valence-electron chi connectivity index (χ2n) is 8.64. The Labute approximate surface area is 214 Å². The summed E-state index contributed by atoms with van der Waals surface area (Å²) >= 11 is 0. The van der Waals surface area contributed by atoms with Crippen LogP contribution >= 0.6 is 0 Å². The average Bonchev–Trinajstić information content (AvgIpc) is 3.37. The van der Waals surface area contributed by atoms with E-state index in [2.05, 4.69) is 10.4 Å². The van der Waals surface area contributed by atoms with E-state index in [1.54, 1.807) is 24.3 Å². The lowest BCUT2D eigenvalue weighted by molar-refractivity contribution is -0.115. The van der Waals surface area contributed by atoms with Crippen molar-refractivity contribution >= 4 is 17.4 Å². The summed E-state index contributed by atoms with van der Waals surface area (Å²) in [7, 11) is 0. The van der Waals surface area contributed by atoms with Crippen LogP contribution in [0.25, 0.3) is 17.2 Å². The number of anilines is 1. The number of carbonyl (C=O) groups is 1. The molecule has 1 amide bonds. The Morgan fingerprint density at radius 3 is 2.30 bits per heavy atom. The van der Waals surface area contributed by atoms with Gasteiger partial charge in [-0.25, -0.2) is 0 Å². The van der Waals surface area contributed by atoms with E-state index in [1.807, 2.05) is 79.1 Å². The molecule has 1 N–H and O–H groups in total. The molecule has 0 unspecified atom stereocenters. The van der Waals surface area contributed by atoms with Crippen molar-refractivity contribution in [2.24, 2.45) is 0 Å². The molecule has 0 aliphatic carbocycles. The van der Waals surface area contributed by atoms with E-state index in [0.29, 0.717) is 41.7 Å². The van der Waals surface area contributed by atoms with E-state index < -0.39 is 0 Å². The Kier molecular flexibility index (Phi) is 6.81. The van der Waals surface area contributed by atoms with Crippen LogP contribution in [0.3, 0.4) is 0 Å². The van der Waals surface area contributed by atoms with E-state index >= 15 is 0 Å². The van der Waals surface area contributed by atoms with Crippen molar-refractivity contribution in [3.8, 4) is 17.1 Å². The molecular weight excluding hydrogens is 466 g/mol. The van der Waals surface area contributed by atoms with E-state index in [9.17, 15) is 9.59 Å². The minimum Gasteiger partial charge on any atom is -0.494 e. The van der Waals surface area contributed by atoms with Crippen LogP contribution in [-0.2, 0) is 17.8 Å². The molecule has 0 spiro atoms. The molecule has 2 aromatic heterocycles. The van der Waals surface area contributed by atoms with Gasteiger partial charge in [-0.15, -0.1) is 5.10 Å². The highest BCUT2D eigenvalue weighted by atomic mass is 16.5. The molecule has 0 aliphatic rings. The molecule has 0 radical (unpaired) electrons. The fourth-order valence-corrected chi connectivity index (χ4v) is 4.25. The van der Waals surface area contributed by atoms with Crippen LogP contribution in [0, 0.1) is 6.92 Å². The number of hydrogen-bond acceptors (Lipinski definition) is 5. The highest BCUT2D eigenvalue weighted by molar-refractivity contribution is 5.92. The van der Waals surface area contributed by atoms with Crippen molar-refractivity contribution in [1.82, 2.24) is 19.2 Å². The molecule has 3 aromatic carbocycles. The van der Waals surface area contributed by atoms with Crippen LogP contribution in [0.15, 0.2) is 89.7 Å². The standard InChI is InChI=1S/C29H27N5O3/c1-3-37-24-16-14-23(15-17-24)30-26(35)18-25-20(2)33(19-21-10-6-4-7-11-21)29-31-27(32-34(29)28(25)36)22-12-8-5-9-13-22/h4-17H,3,18-19H2,1-2H3,(H,30,35). The maximum Gasteiger partial charge on any atom is 0.279 e. The Hall–Kier alpha value is -4.72. The largest absolute Gasteiger partial charge is 0.494 e. The zero-order valence-corrected chi connectivity index (χ0v) is 20.7. The van der Waals surface area contributed by atoms with Gasteiger partial charge in [0, 0.05) is 22.5 Å². The third-order valence-electron chi connectivity index (χ3n) is 6.13. The first-order valence-electron chi connectivity index (χ1n) is 12.1. The van der Waals surface area contributed by atoms with Crippen LogP contribution in [0.2, 0.25) is 0 Å². The van der Waals surface area contributed by atoms with Gasteiger partial charge >= 0.3 is 0 Å². The Bertz CT molecular complexity index is 1590. The van der Waals surface area contributed by atoms with Gasteiger partial charge in [-0.05, 0) is 43.7 Å². The number of carbonyl (C=O) groups excluding carboxylic acids is 1. The lowest BCUT2D eigenvalue weighted by atomic mass is 10.1. The van der Waals surface area contributed by atoms with Crippen LogP contribution in [0.4, 0.5) is 5.69 Å². The molecule has 0 saturated carbocycles. The summed E-state index contributed by atoms with van der Waals surface area (Å²) in [6.07, 6.45) is -0.0941. The molecule has 5 aromatic rings. The first-order chi connectivity index (χ1) is 18.0. The van der Waals surface area contributed by atoms with Gasteiger partial charge in [-0.2, -0.15) is 9.50 Å². The molecule has 0 aliphatic heterocycles. The number of nitrogens with one attached hydrogen (secondary N) is 1. The molecule has 0 atom stereocenters. The smallest absolute Gasteiger partial charge is 0.279 e. The number of amides is 1. The number of rotatable bonds is 8. The molecule has 5 rings (SSSR count). The molecule has 8 heteroatoms. The SMILES string of the molecule is CCOc1ccc(NC(=O)Cc2c(C)n(Cc3ccccc3)c3nc(-c4ccccc4)nn3c2=O)cc1. The first kappa shape index (κ1) is 24.0. The van der Waals surface area contributed by atoms with Gasteiger partial charge in [0.15, 0.2) is 5.82 Å². The van der Waals surface area contributed by atoms with Gasteiger partial charge in [0.05, 0.1) is 19.6 Å². The number of benzene rings is 3. The zero-order chi connectivity index (χ0) is 25.8. The summed E-state index contributed by atoms with van der Waals surface area (Å²) in [5.74, 6) is 1.32. The lowest BCUT2D eigenvalue weighted by Crippen LogP contribution is -2.29. The molecule has 37 heavy (non-hydrogen) atoms. The maximum absolute atomic E-state index is 13.6. The monoisotopic (exact) mass is 493 g/mol. The van der Waals surface area contributed by atoms with Crippen molar-refractivity contribution in [3.63, 3.8) is 0 Å². The maximum atomic E-state index is 13.6. The van der Waals surface area contributed by atoms with Gasteiger partial charge in [0.25, 0.3) is 5.56 Å². The third kappa shape index (κ3) is 5.13. The van der Waals surface area contributed by atoms with E-state index in [4.69, 9.17) is 9.72 Å². The van der Waals surface area contributed by atoms with Crippen molar-refractivity contribution in [3.05, 3.63) is 112 Å².